The number of carbonyl (C=O) groups excluding carboxylic acids is 1. The van der Waals surface area contributed by atoms with E-state index in [-0.39, 0.29) is 30.7 Å². The van der Waals surface area contributed by atoms with Gasteiger partial charge in [-0.05, 0) is 39.8 Å². The molecule has 4 nitrogen and oxygen atoms in total. The van der Waals surface area contributed by atoms with Crippen molar-refractivity contribution < 1.29 is 4.79 Å². The van der Waals surface area contributed by atoms with Crippen molar-refractivity contribution in [2.45, 2.75) is 44.7 Å². The molecule has 1 fully saturated rings. The SMILES string of the molecule is CC1CC(N(C)C(=O)CCCN)CCN1C.Cl.Cl. The molecule has 1 amide bonds. The molecule has 2 unspecified atom stereocenters. The second-order valence-electron chi connectivity index (χ2n) is 4.90. The summed E-state index contributed by atoms with van der Waals surface area (Å²) in [6.07, 6.45) is 3.56. The lowest BCUT2D eigenvalue weighted by atomic mass is 9.97. The van der Waals surface area contributed by atoms with Gasteiger partial charge in [0.2, 0.25) is 5.91 Å². The number of hydrogen-bond acceptors (Lipinski definition) is 3. The number of carbonyl (C=O) groups is 1. The lowest BCUT2D eigenvalue weighted by molar-refractivity contribution is -0.133. The molecule has 110 valence electrons. The van der Waals surface area contributed by atoms with Crippen molar-refractivity contribution in [1.29, 1.82) is 0 Å². The Morgan fingerprint density at radius 2 is 2.06 bits per heavy atom. The van der Waals surface area contributed by atoms with E-state index in [2.05, 4.69) is 18.9 Å². The van der Waals surface area contributed by atoms with Gasteiger partial charge in [-0.25, -0.2) is 0 Å². The summed E-state index contributed by atoms with van der Waals surface area (Å²) in [5.41, 5.74) is 5.42. The summed E-state index contributed by atoms with van der Waals surface area (Å²) in [5.74, 6) is 0.243. The Morgan fingerprint density at radius 1 is 1.44 bits per heavy atom. The number of rotatable bonds is 4. The van der Waals surface area contributed by atoms with E-state index in [1.165, 1.54) is 0 Å². The van der Waals surface area contributed by atoms with Gasteiger partial charge < -0.3 is 15.5 Å². The summed E-state index contributed by atoms with van der Waals surface area (Å²) in [7, 11) is 4.08. The molecule has 1 saturated heterocycles. The lowest BCUT2D eigenvalue weighted by Gasteiger charge is -2.39. The van der Waals surface area contributed by atoms with E-state index in [4.69, 9.17) is 5.73 Å². The van der Waals surface area contributed by atoms with Crippen LogP contribution < -0.4 is 5.73 Å². The summed E-state index contributed by atoms with van der Waals surface area (Å²) < 4.78 is 0. The maximum atomic E-state index is 11.8. The summed E-state index contributed by atoms with van der Waals surface area (Å²) in [6.45, 7) is 3.91. The van der Waals surface area contributed by atoms with Crippen LogP contribution in [-0.4, -0.2) is 55.0 Å². The molecule has 1 aliphatic heterocycles. The van der Waals surface area contributed by atoms with Gasteiger partial charge in [0.1, 0.15) is 0 Å². The van der Waals surface area contributed by atoms with Crippen LogP contribution in [-0.2, 0) is 4.79 Å². The minimum Gasteiger partial charge on any atom is -0.343 e. The van der Waals surface area contributed by atoms with Gasteiger partial charge in [0.25, 0.3) is 0 Å². The minimum atomic E-state index is 0. The van der Waals surface area contributed by atoms with E-state index in [9.17, 15) is 4.79 Å². The minimum absolute atomic E-state index is 0. The fourth-order valence-electron chi connectivity index (χ4n) is 2.25. The third kappa shape index (κ3) is 5.74. The molecule has 2 atom stereocenters. The third-order valence-electron chi connectivity index (χ3n) is 3.72. The first-order chi connectivity index (χ1) is 7.56. The van der Waals surface area contributed by atoms with Gasteiger partial charge in [0.05, 0.1) is 0 Å². The third-order valence-corrected chi connectivity index (χ3v) is 3.72. The standard InChI is InChI=1S/C12H25N3O.2ClH/c1-10-9-11(6-8-14(10)2)15(3)12(16)5-4-7-13;;/h10-11H,4-9,13H2,1-3H3;2*1H. The van der Waals surface area contributed by atoms with E-state index in [0.717, 1.165) is 25.8 Å². The monoisotopic (exact) mass is 299 g/mol. The fraction of sp³-hybridized carbons (Fsp3) is 0.917. The molecule has 0 aromatic rings. The largest absolute Gasteiger partial charge is 0.343 e. The summed E-state index contributed by atoms with van der Waals surface area (Å²) in [4.78, 5) is 16.1. The zero-order chi connectivity index (χ0) is 12.1. The van der Waals surface area contributed by atoms with Crippen LogP contribution in [0.25, 0.3) is 0 Å². The van der Waals surface area contributed by atoms with Crippen molar-refractivity contribution in [1.82, 2.24) is 9.80 Å². The maximum absolute atomic E-state index is 11.8. The van der Waals surface area contributed by atoms with Crippen LogP contribution in [0.5, 0.6) is 0 Å². The summed E-state index contributed by atoms with van der Waals surface area (Å²) in [5, 5.41) is 0. The number of piperidine rings is 1. The van der Waals surface area contributed by atoms with Gasteiger partial charge in [-0.2, -0.15) is 0 Å². The van der Waals surface area contributed by atoms with Crippen molar-refractivity contribution in [2.24, 2.45) is 5.73 Å². The predicted octanol–water partition coefficient (Wildman–Crippen LogP) is 1.51. The number of halogens is 2. The van der Waals surface area contributed by atoms with E-state index >= 15 is 0 Å². The van der Waals surface area contributed by atoms with Crippen molar-refractivity contribution >= 4 is 30.7 Å². The Kier molecular flexibility index (Phi) is 11.1. The molecule has 0 aromatic heterocycles. The highest BCUT2D eigenvalue weighted by Gasteiger charge is 2.27. The van der Waals surface area contributed by atoms with Gasteiger partial charge in [-0.15, -0.1) is 24.8 Å². The van der Waals surface area contributed by atoms with Crippen LogP contribution >= 0.6 is 24.8 Å². The van der Waals surface area contributed by atoms with Crippen LogP contribution in [0.2, 0.25) is 0 Å². The highest BCUT2D eigenvalue weighted by molar-refractivity contribution is 5.85. The first-order valence-corrected chi connectivity index (χ1v) is 6.22. The molecule has 1 aliphatic rings. The number of likely N-dealkylation sites (tertiary alicyclic amines) is 1. The van der Waals surface area contributed by atoms with E-state index in [1.807, 2.05) is 11.9 Å². The lowest BCUT2D eigenvalue weighted by Crippen LogP contribution is -2.48. The fourth-order valence-corrected chi connectivity index (χ4v) is 2.25. The Hall–Kier alpha value is -0.0300. The highest BCUT2D eigenvalue weighted by atomic mass is 35.5. The molecule has 18 heavy (non-hydrogen) atoms. The molecule has 0 bridgehead atoms. The van der Waals surface area contributed by atoms with E-state index in [1.54, 1.807) is 0 Å². The Balaban J connectivity index is 0. The molecule has 1 heterocycles. The van der Waals surface area contributed by atoms with Gasteiger partial charge in [0, 0.05) is 32.1 Å². The second-order valence-corrected chi connectivity index (χ2v) is 4.90. The quantitative estimate of drug-likeness (QED) is 0.856. The summed E-state index contributed by atoms with van der Waals surface area (Å²) >= 11 is 0. The average Bonchev–Trinajstić information content (AvgIpc) is 2.28. The van der Waals surface area contributed by atoms with Crippen LogP contribution in [0.1, 0.15) is 32.6 Å². The molecule has 2 N–H and O–H groups in total. The second kappa shape index (κ2) is 9.84. The Labute approximate surface area is 123 Å². The van der Waals surface area contributed by atoms with Gasteiger partial charge >= 0.3 is 0 Å². The molecule has 0 saturated carbocycles. The smallest absolute Gasteiger partial charge is 0.222 e. The molecule has 0 aromatic carbocycles. The zero-order valence-corrected chi connectivity index (χ0v) is 13.2. The first-order valence-electron chi connectivity index (χ1n) is 6.22. The number of amides is 1. The molecular weight excluding hydrogens is 273 g/mol. The van der Waals surface area contributed by atoms with Crippen molar-refractivity contribution in [3.63, 3.8) is 0 Å². The first kappa shape index (κ1) is 20.3. The Morgan fingerprint density at radius 3 is 2.56 bits per heavy atom. The molecular formula is C12H27Cl2N3O. The number of hydrogen-bond donors (Lipinski definition) is 1. The topological polar surface area (TPSA) is 49.6 Å². The van der Waals surface area contributed by atoms with Crippen molar-refractivity contribution in [3.8, 4) is 0 Å². The predicted molar refractivity (Wildman–Crippen MR) is 80.7 cm³/mol. The molecule has 0 spiro atoms. The maximum Gasteiger partial charge on any atom is 0.222 e. The van der Waals surface area contributed by atoms with Crippen LogP contribution in [0, 0.1) is 0 Å². The molecule has 0 radical (unpaired) electrons. The molecule has 1 rings (SSSR count). The normalized spacial score (nSPS) is 23.8. The van der Waals surface area contributed by atoms with E-state index < -0.39 is 0 Å². The molecule has 0 aliphatic carbocycles. The van der Waals surface area contributed by atoms with Crippen molar-refractivity contribution in [2.75, 3.05) is 27.2 Å². The van der Waals surface area contributed by atoms with Gasteiger partial charge in [-0.3, -0.25) is 4.79 Å². The van der Waals surface area contributed by atoms with Crippen LogP contribution in [0.3, 0.4) is 0 Å². The highest BCUT2D eigenvalue weighted by Crippen LogP contribution is 2.20. The van der Waals surface area contributed by atoms with Crippen molar-refractivity contribution in [3.05, 3.63) is 0 Å². The van der Waals surface area contributed by atoms with Gasteiger partial charge in [0.15, 0.2) is 0 Å². The zero-order valence-electron chi connectivity index (χ0n) is 11.6. The van der Waals surface area contributed by atoms with Crippen LogP contribution in [0.4, 0.5) is 0 Å². The Bertz CT molecular complexity index is 241. The van der Waals surface area contributed by atoms with Crippen LogP contribution in [0.15, 0.2) is 0 Å². The number of nitrogens with zero attached hydrogens (tertiary/aromatic N) is 2. The van der Waals surface area contributed by atoms with E-state index in [0.29, 0.717) is 25.0 Å². The molecule has 6 heteroatoms. The number of nitrogens with two attached hydrogens (primary N) is 1. The average molecular weight is 300 g/mol. The summed E-state index contributed by atoms with van der Waals surface area (Å²) in [6, 6.07) is 0.986. The van der Waals surface area contributed by atoms with Gasteiger partial charge in [-0.1, -0.05) is 0 Å².